The van der Waals surface area contributed by atoms with Crippen LogP contribution in [0, 0.1) is 18.3 Å². The molecule has 0 bridgehead atoms. The molecule has 3 heterocycles. The Hall–Kier alpha value is -2.10. The Kier molecular flexibility index (Phi) is 7.05. The molecule has 0 aromatic carbocycles. The van der Waals surface area contributed by atoms with E-state index in [0.717, 1.165) is 51.6 Å². The van der Waals surface area contributed by atoms with Crippen molar-refractivity contribution in [3.63, 3.8) is 0 Å². The summed E-state index contributed by atoms with van der Waals surface area (Å²) in [6, 6.07) is 0.152. The van der Waals surface area contributed by atoms with Gasteiger partial charge in [0.1, 0.15) is 5.60 Å². The predicted octanol–water partition coefficient (Wildman–Crippen LogP) is 4.37. The highest BCUT2D eigenvalue weighted by Crippen LogP contribution is 2.38. The fourth-order valence-corrected chi connectivity index (χ4v) is 4.68. The van der Waals surface area contributed by atoms with Crippen LogP contribution in [0.1, 0.15) is 78.6 Å². The minimum absolute atomic E-state index is 0.152. The molecular weight excluding hydrogens is 380 g/mol. The lowest BCUT2D eigenvalue weighted by Gasteiger charge is -2.44. The quantitative estimate of drug-likeness (QED) is 0.604. The normalized spacial score (nSPS) is 25.5. The zero-order valence-electron chi connectivity index (χ0n) is 18.7. The number of amides is 2. The molecule has 0 aromatic rings. The van der Waals surface area contributed by atoms with Crippen LogP contribution in [0.4, 0.5) is 4.79 Å². The zero-order valence-corrected chi connectivity index (χ0v) is 18.7. The zero-order chi connectivity index (χ0) is 21.8. The van der Waals surface area contributed by atoms with Crippen LogP contribution in [0.3, 0.4) is 0 Å². The molecule has 0 N–H and O–H groups in total. The number of hydrogen-bond donors (Lipinski definition) is 0. The lowest BCUT2D eigenvalue weighted by atomic mass is 9.84. The van der Waals surface area contributed by atoms with Crippen molar-refractivity contribution in [2.75, 3.05) is 19.6 Å². The maximum Gasteiger partial charge on any atom is 0.410 e. The van der Waals surface area contributed by atoms with Gasteiger partial charge in [0.2, 0.25) is 5.91 Å². The van der Waals surface area contributed by atoms with E-state index in [1.165, 1.54) is 0 Å². The van der Waals surface area contributed by atoms with Crippen LogP contribution < -0.4 is 0 Å². The molecule has 2 fully saturated rings. The van der Waals surface area contributed by atoms with Crippen molar-refractivity contribution in [2.45, 2.75) is 95.9 Å². The molecule has 7 nitrogen and oxygen atoms in total. The topological polar surface area (TPSA) is 74.6 Å². The lowest BCUT2D eigenvalue weighted by molar-refractivity contribution is -0.134. The molecule has 7 heteroatoms. The van der Waals surface area contributed by atoms with Crippen molar-refractivity contribution in [3.8, 4) is 12.3 Å². The fraction of sp³-hybridized carbons (Fsp3) is 0.826. The number of piperidine rings is 2. The van der Waals surface area contributed by atoms with E-state index in [-0.39, 0.29) is 18.0 Å². The van der Waals surface area contributed by atoms with Crippen molar-refractivity contribution < 1.29 is 14.3 Å². The van der Waals surface area contributed by atoms with Gasteiger partial charge in [-0.05, 0) is 58.8 Å². The maximum atomic E-state index is 12.9. The number of terminal acetylenes is 1. The van der Waals surface area contributed by atoms with Gasteiger partial charge in [-0.25, -0.2) is 4.79 Å². The Balaban J connectivity index is 1.55. The van der Waals surface area contributed by atoms with Crippen molar-refractivity contribution in [1.29, 1.82) is 0 Å². The molecule has 3 rings (SSSR count). The summed E-state index contributed by atoms with van der Waals surface area (Å²) in [4.78, 5) is 29.6. The summed E-state index contributed by atoms with van der Waals surface area (Å²) < 4.78 is 5.66. The molecule has 0 spiro atoms. The van der Waals surface area contributed by atoms with Crippen LogP contribution in [0.15, 0.2) is 10.2 Å². The van der Waals surface area contributed by atoms with E-state index >= 15 is 0 Å². The van der Waals surface area contributed by atoms with Crippen LogP contribution in [0.2, 0.25) is 0 Å². The van der Waals surface area contributed by atoms with Gasteiger partial charge in [-0.1, -0.05) is 0 Å². The molecule has 3 aliphatic rings. The molecule has 0 saturated carbocycles. The smallest absolute Gasteiger partial charge is 0.410 e. The van der Waals surface area contributed by atoms with Gasteiger partial charge in [0.15, 0.2) is 5.66 Å². The van der Waals surface area contributed by atoms with Gasteiger partial charge in [-0.3, -0.25) is 4.79 Å². The van der Waals surface area contributed by atoms with E-state index in [2.05, 4.69) is 16.1 Å². The van der Waals surface area contributed by atoms with Crippen molar-refractivity contribution in [2.24, 2.45) is 16.1 Å². The highest BCUT2D eigenvalue weighted by molar-refractivity contribution is 5.76. The molecule has 0 aromatic heterocycles. The Bertz CT molecular complexity index is 700. The maximum absolute atomic E-state index is 12.9. The Morgan fingerprint density at radius 3 is 2.57 bits per heavy atom. The third-order valence-electron chi connectivity index (χ3n) is 6.32. The first kappa shape index (κ1) is 22.6. The fourth-order valence-electron chi connectivity index (χ4n) is 4.68. The van der Waals surface area contributed by atoms with E-state index in [9.17, 15) is 9.59 Å². The van der Waals surface area contributed by atoms with Crippen LogP contribution in [-0.2, 0) is 9.53 Å². The first-order valence-electron chi connectivity index (χ1n) is 11.4. The number of carbonyl (C=O) groups is 2. The van der Waals surface area contributed by atoms with Gasteiger partial charge in [0.05, 0.1) is 0 Å². The minimum Gasteiger partial charge on any atom is -0.444 e. The SMILES string of the molecule is C#CCCC1(CCC(=O)N2CCCC(C3CCCCN3C(=O)OC(C)(C)C)C2)N=N1. The number of carbonyl (C=O) groups excluding carboxylic acids is 2. The Morgan fingerprint density at radius 2 is 1.90 bits per heavy atom. The number of hydrogen-bond acceptors (Lipinski definition) is 5. The first-order chi connectivity index (χ1) is 14.2. The molecule has 2 amide bonds. The van der Waals surface area contributed by atoms with E-state index in [1.54, 1.807) is 0 Å². The second-order valence-corrected chi connectivity index (χ2v) is 9.87. The summed E-state index contributed by atoms with van der Waals surface area (Å²) in [5.41, 5.74) is -0.907. The number of likely N-dealkylation sites (tertiary alicyclic amines) is 2. The van der Waals surface area contributed by atoms with E-state index in [4.69, 9.17) is 11.2 Å². The highest BCUT2D eigenvalue weighted by atomic mass is 16.6. The average Bonchev–Trinajstić information content (AvgIpc) is 3.49. The standard InChI is InChI=1S/C23H36N4O3/c1-5-6-13-23(24-25-23)14-12-20(28)26-15-9-10-18(17-26)19-11-7-8-16-27(19)21(29)30-22(2,3)4/h1,18-19H,6-17H2,2-4H3. The molecule has 2 atom stereocenters. The molecule has 166 valence electrons. The van der Waals surface area contributed by atoms with Gasteiger partial charge in [0.25, 0.3) is 0 Å². The molecule has 0 aliphatic carbocycles. The number of ether oxygens (including phenoxy) is 1. The number of nitrogens with zero attached hydrogens (tertiary/aromatic N) is 4. The van der Waals surface area contributed by atoms with Crippen molar-refractivity contribution in [1.82, 2.24) is 9.80 Å². The third kappa shape index (κ3) is 5.96. The second kappa shape index (κ2) is 9.36. The summed E-state index contributed by atoms with van der Waals surface area (Å²) >= 11 is 0. The van der Waals surface area contributed by atoms with Gasteiger partial charge < -0.3 is 14.5 Å². The van der Waals surface area contributed by atoms with Crippen molar-refractivity contribution >= 4 is 12.0 Å². The summed E-state index contributed by atoms with van der Waals surface area (Å²) in [6.07, 6.45) is 12.7. The van der Waals surface area contributed by atoms with Gasteiger partial charge in [0, 0.05) is 51.4 Å². The molecular formula is C23H36N4O3. The Morgan fingerprint density at radius 1 is 1.13 bits per heavy atom. The highest BCUT2D eigenvalue weighted by Gasteiger charge is 2.41. The predicted molar refractivity (Wildman–Crippen MR) is 115 cm³/mol. The largest absolute Gasteiger partial charge is 0.444 e. The van der Waals surface area contributed by atoms with Gasteiger partial charge in [-0.15, -0.1) is 12.3 Å². The van der Waals surface area contributed by atoms with Gasteiger partial charge in [-0.2, -0.15) is 10.2 Å². The molecule has 30 heavy (non-hydrogen) atoms. The van der Waals surface area contributed by atoms with E-state index in [0.29, 0.717) is 31.7 Å². The average molecular weight is 417 g/mol. The lowest BCUT2D eigenvalue weighted by Crippen LogP contribution is -2.53. The van der Waals surface area contributed by atoms with Crippen molar-refractivity contribution in [3.05, 3.63) is 0 Å². The monoisotopic (exact) mass is 416 g/mol. The first-order valence-corrected chi connectivity index (χ1v) is 11.4. The second-order valence-electron chi connectivity index (χ2n) is 9.87. The molecule has 2 saturated heterocycles. The van der Waals surface area contributed by atoms with Gasteiger partial charge >= 0.3 is 6.09 Å². The molecule has 3 aliphatic heterocycles. The van der Waals surface area contributed by atoms with Crippen LogP contribution in [-0.4, -0.2) is 58.7 Å². The minimum atomic E-state index is -0.498. The van der Waals surface area contributed by atoms with Crippen LogP contribution in [0.5, 0.6) is 0 Å². The summed E-state index contributed by atoms with van der Waals surface area (Å²) in [5.74, 6) is 3.10. The number of rotatable bonds is 6. The van der Waals surface area contributed by atoms with Crippen LogP contribution >= 0.6 is 0 Å². The summed E-state index contributed by atoms with van der Waals surface area (Å²) in [7, 11) is 0. The molecule has 2 unspecified atom stereocenters. The molecule has 0 radical (unpaired) electrons. The third-order valence-corrected chi connectivity index (χ3v) is 6.32. The summed E-state index contributed by atoms with van der Waals surface area (Å²) in [6.45, 7) is 7.96. The van der Waals surface area contributed by atoms with E-state index < -0.39 is 11.3 Å². The summed E-state index contributed by atoms with van der Waals surface area (Å²) in [5, 5.41) is 8.27. The Labute approximate surface area is 180 Å². The van der Waals surface area contributed by atoms with E-state index in [1.807, 2.05) is 30.6 Å². The van der Waals surface area contributed by atoms with Crippen LogP contribution in [0.25, 0.3) is 0 Å².